The molecule has 0 aliphatic carbocycles. The van der Waals surface area contributed by atoms with E-state index in [1.165, 1.54) is 11.8 Å². The van der Waals surface area contributed by atoms with Gasteiger partial charge in [0.15, 0.2) is 23.3 Å². The molecular weight excluding hydrogens is 500 g/mol. The standard InChI is InChI=1S/C30H30N2O5S/c1-4-35-26-17-23(13-16-25(26)37-20-28(33)36-5-2)18-27-29(34)32(19-22-9-7-6-8-10-22)30(38-27)31-24-14-11-21(3)12-15-24/h6-18H,4-5,19-20H2,1-3H3/b27-18+,31-30?. The van der Waals surface area contributed by atoms with E-state index in [4.69, 9.17) is 19.2 Å². The Labute approximate surface area is 227 Å². The Morgan fingerprint density at radius 2 is 1.71 bits per heavy atom. The molecule has 0 saturated carbocycles. The van der Waals surface area contributed by atoms with Crippen molar-refractivity contribution in [2.45, 2.75) is 27.3 Å². The van der Waals surface area contributed by atoms with Gasteiger partial charge in [-0.1, -0.05) is 54.1 Å². The highest BCUT2D eigenvalue weighted by Crippen LogP contribution is 2.37. The summed E-state index contributed by atoms with van der Waals surface area (Å²) in [4.78, 5) is 32.3. The summed E-state index contributed by atoms with van der Waals surface area (Å²) in [6, 6.07) is 23.1. The fourth-order valence-corrected chi connectivity index (χ4v) is 4.72. The van der Waals surface area contributed by atoms with Crippen molar-refractivity contribution in [1.29, 1.82) is 0 Å². The summed E-state index contributed by atoms with van der Waals surface area (Å²) in [5.74, 6) is 0.342. The molecule has 0 radical (unpaired) electrons. The molecule has 1 aliphatic rings. The van der Waals surface area contributed by atoms with Crippen LogP contribution in [-0.2, 0) is 20.9 Å². The van der Waals surface area contributed by atoms with Crippen molar-refractivity contribution < 1.29 is 23.8 Å². The molecule has 1 saturated heterocycles. The Morgan fingerprint density at radius 3 is 2.42 bits per heavy atom. The first kappa shape index (κ1) is 27.0. The lowest BCUT2D eigenvalue weighted by molar-refractivity contribution is -0.145. The molecule has 0 spiro atoms. The maximum Gasteiger partial charge on any atom is 0.344 e. The van der Waals surface area contributed by atoms with Gasteiger partial charge in [-0.2, -0.15) is 0 Å². The lowest BCUT2D eigenvalue weighted by Crippen LogP contribution is -2.28. The number of esters is 1. The van der Waals surface area contributed by atoms with Gasteiger partial charge in [-0.15, -0.1) is 0 Å². The van der Waals surface area contributed by atoms with E-state index in [2.05, 4.69) is 0 Å². The first-order valence-corrected chi connectivity index (χ1v) is 13.2. The largest absolute Gasteiger partial charge is 0.490 e. The van der Waals surface area contributed by atoms with Gasteiger partial charge in [-0.3, -0.25) is 9.69 Å². The summed E-state index contributed by atoms with van der Waals surface area (Å²) in [5.41, 5.74) is 3.71. The number of ether oxygens (including phenoxy) is 3. The van der Waals surface area contributed by atoms with Gasteiger partial charge in [0, 0.05) is 0 Å². The minimum absolute atomic E-state index is 0.120. The third kappa shape index (κ3) is 7.04. The van der Waals surface area contributed by atoms with Crippen LogP contribution in [0.1, 0.15) is 30.5 Å². The average Bonchev–Trinajstić information content (AvgIpc) is 3.19. The van der Waals surface area contributed by atoms with Crippen molar-refractivity contribution in [3.63, 3.8) is 0 Å². The fraction of sp³-hybridized carbons (Fsp3) is 0.233. The van der Waals surface area contributed by atoms with Crippen LogP contribution in [0.4, 0.5) is 5.69 Å². The minimum Gasteiger partial charge on any atom is -0.490 e. The Morgan fingerprint density at radius 1 is 0.947 bits per heavy atom. The molecule has 1 fully saturated rings. The van der Waals surface area contributed by atoms with E-state index in [0.29, 0.717) is 34.7 Å². The summed E-state index contributed by atoms with van der Waals surface area (Å²) in [5, 5.41) is 0.619. The smallest absolute Gasteiger partial charge is 0.344 e. The van der Waals surface area contributed by atoms with E-state index in [-0.39, 0.29) is 19.1 Å². The molecule has 1 aliphatic heterocycles. The maximum atomic E-state index is 13.5. The third-order valence-corrected chi connectivity index (χ3v) is 6.55. The summed E-state index contributed by atoms with van der Waals surface area (Å²) < 4.78 is 16.3. The van der Waals surface area contributed by atoms with Crippen molar-refractivity contribution in [3.05, 3.63) is 94.4 Å². The quantitative estimate of drug-likeness (QED) is 0.231. The number of hydrogen-bond acceptors (Lipinski definition) is 7. The van der Waals surface area contributed by atoms with Crippen molar-refractivity contribution in [2.24, 2.45) is 4.99 Å². The molecule has 3 aromatic rings. The van der Waals surface area contributed by atoms with Crippen molar-refractivity contribution in [1.82, 2.24) is 4.90 Å². The number of thioether (sulfide) groups is 1. The zero-order chi connectivity index (χ0) is 26.9. The van der Waals surface area contributed by atoms with Gasteiger partial charge in [0.05, 0.1) is 30.4 Å². The fourth-order valence-electron chi connectivity index (χ4n) is 3.72. The molecule has 4 rings (SSSR count). The lowest BCUT2D eigenvalue weighted by atomic mass is 10.1. The summed E-state index contributed by atoms with van der Waals surface area (Å²) in [6.07, 6.45) is 1.82. The van der Waals surface area contributed by atoms with Gasteiger partial charge in [0.1, 0.15) is 0 Å². The van der Waals surface area contributed by atoms with E-state index in [1.807, 2.05) is 80.6 Å². The number of nitrogens with zero attached hydrogens (tertiary/aromatic N) is 2. The minimum atomic E-state index is -0.451. The highest BCUT2D eigenvalue weighted by Gasteiger charge is 2.33. The molecule has 1 heterocycles. The molecule has 8 heteroatoms. The molecule has 3 aromatic carbocycles. The summed E-state index contributed by atoms with van der Waals surface area (Å²) in [6.45, 7) is 6.54. The topological polar surface area (TPSA) is 77.4 Å². The second kappa shape index (κ2) is 13.0. The van der Waals surface area contributed by atoms with Crippen molar-refractivity contribution in [2.75, 3.05) is 19.8 Å². The molecule has 0 aromatic heterocycles. The predicted octanol–water partition coefficient (Wildman–Crippen LogP) is 6.14. The predicted molar refractivity (Wildman–Crippen MR) is 151 cm³/mol. The first-order chi connectivity index (χ1) is 18.5. The Kier molecular flexibility index (Phi) is 9.21. The van der Waals surface area contributed by atoms with E-state index >= 15 is 0 Å². The number of amidine groups is 1. The van der Waals surface area contributed by atoms with Crippen LogP contribution in [0.3, 0.4) is 0 Å². The SMILES string of the molecule is CCOC(=O)COc1ccc(/C=C2/SC(=Nc3ccc(C)cc3)N(Cc3ccccc3)C2=O)cc1OCC. The molecule has 38 heavy (non-hydrogen) atoms. The molecule has 1 amide bonds. The van der Waals surface area contributed by atoms with E-state index in [9.17, 15) is 9.59 Å². The molecule has 0 atom stereocenters. The van der Waals surface area contributed by atoms with Crippen LogP contribution in [0.5, 0.6) is 11.5 Å². The molecular formula is C30H30N2O5S. The summed E-state index contributed by atoms with van der Waals surface area (Å²) in [7, 11) is 0. The average molecular weight is 531 g/mol. The van der Waals surface area contributed by atoms with Crippen molar-refractivity contribution in [3.8, 4) is 11.5 Å². The lowest BCUT2D eigenvalue weighted by Gasteiger charge is -2.15. The Bertz CT molecular complexity index is 1340. The number of carbonyl (C=O) groups is 2. The van der Waals surface area contributed by atoms with Gasteiger partial charge in [0.25, 0.3) is 5.91 Å². The molecule has 0 unspecified atom stereocenters. The number of carbonyl (C=O) groups excluding carboxylic acids is 2. The number of rotatable bonds is 10. The normalized spacial score (nSPS) is 15.2. The van der Waals surface area contributed by atoms with Crippen molar-refractivity contribution >= 4 is 40.6 Å². The Balaban J connectivity index is 1.62. The molecule has 0 bridgehead atoms. The first-order valence-electron chi connectivity index (χ1n) is 12.4. The van der Waals surface area contributed by atoms with Gasteiger partial charge in [0.2, 0.25) is 0 Å². The van der Waals surface area contributed by atoms with E-state index in [0.717, 1.165) is 22.4 Å². The summed E-state index contributed by atoms with van der Waals surface area (Å²) >= 11 is 1.34. The van der Waals surface area contributed by atoms with Crippen LogP contribution in [0.25, 0.3) is 6.08 Å². The third-order valence-electron chi connectivity index (χ3n) is 5.55. The van der Waals surface area contributed by atoms with Crippen LogP contribution in [-0.4, -0.2) is 41.8 Å². The van der Waals surface area contributed by atoms with Gasteiger partial charge >= 0.3 is 5.97 Å². The number of amides is 1. The van der Waals surface area contributed by atoms with Gasteiger partial charge < -0.3 is 14.2 Å². The highest BCUT2D eigenvalue weighted by molar-refractivity contribution is 8.18. The molecule has 0 N–H and O–H groups in total. The Hall–Kier alpha value is -4.04. The van der Waals surface area contributed by atoms with Crippen LogP contribution in [0.2, 0.25) is 0 Å². The number of aliphatic imine (C=N–C) groups is 1. The van der Waals surface area contributed by atoms with Crippen LogP contribution in [0, 0.1) is 6.92 Å². The zero-order valence-electron chi connectivity index (χ0n) is 21.7. The second-order valence-corrected chi connectivity index (χ2v) is 9.46. The molecule has 7 nitrogen and oxygen atoms in total. The van der Waals surface area contributed by atoms with Gasteiger partial charge in [-0.25, -0.2) is 9.79 Å². The van der Waals surface area contributed by atoms with Crippen LogP contribution in [0.15, 0.2) is 82.7 Å². The van der Waals surface area contributed by atoms with Crippen LogP contribution >= 0.6 is 11.8 Å². The van der Waals surface area contributed by atoms with Crippen LogP contribution < -0.4 is 9.47 Å². The highest BCUT2D eigenvalue weighted by atomic mass is 32.2. The maximum absolute atomic E-state index is 13.5. The number of benzene rings is 3. The molecule has 196 valence electrons. The van der Waals surface area contributed by atoms with Gasteiger partial charge in [-0.05, 0) is 74.0 Å². The second-order valence-electron chi connectivity index (χ2n) is 8.45. The monoisotopic (exact) mass is 530 g/mol. The number of hydrogen-bond donors (Lipinski definition) is 0. The zero-order valence-corrected chi connectivity index (χ0v) is 22.5. The number of aryl methyl sites for hydroxylation is 1. The van der Waals surface area contributed by atoms with E-state index in [1.54, 1.807) is 24.0 Å². The van der Waals surface area contributed by atoms with E-state index < -0.39 is 5.97 Å².